The van der Waals surface area contributed by atoms with Gasteiger partial charge in [0.2, 0.25) is 0 Å². The van der Waals surface area contributed by atoms with Gasteiger partial charge in [-0.25, -0.2) is 0 Å². The molecule has 1 aliphatic rings. The average Bonchev–Trinajstić information content (AvgIpc) is 3.14. The van der Waals surface area contributed by atoms with E-state index in [0.29, 0.717) is 35.1 Å². The van der Waals surface area contributed by atoms with Gasteiger partial charge in [-0.05, 0) is 63.1 Å². The predicted molar refractivity (Wildman–Crippen MR) is 110 cm³/mol. The summed E-state index contributed by atoms with van der Waals surface area (Å²) in [4.78, 5) is 26.7. The van der Waals surface area contributed by atoms with Crippen molar-refractivity contribution < 1.29 is 14.3 Å². The molecule has 2 aromatic rings. The largest absolute Gasteiger partial charge is 0.491 e. The Morgan fingerprint density at radius 1 is 1.18 bits per heavy atom. The van der Waals surface area contributed by atoms with Crippen molar-refractivity contribution in [1.29, 1.82) is 0 Å². The number of likely N-dealkylation sites (tertiary alicyclic amines) is 1. The molecule has 1 aliphatic heterocycles. The van der Waals surface area contributed by atoms with E-state index in [1.165, 1.54) is 0 Å². The molecule has 1 saturated heterocycles. The Kier molecular flexibility index (Phi) is 6.57. The van der Waals surface area contributed by atoms with E-state index in [1.807, 2.05) is 30.9 Å². The zero-order valence-corrected chi connectivity index (χ0v) is 16.9. The van der Waals surface area contributed by atoms with E-state index in [4.69, 9.17) is 16.3 Å². The van der Waals surface area contributed by atoms with E-state index >= 15 is 0 Å². The van der Waals surface area contributed by atoms with Crippen molar-refractivity contribution in [2.75, 3.05) is 13.2 Å². The van der Waals surface area contributed by atoms with Gasteiger partial charge in [0.15, 0.2) is 0 Å². The van der Waals surface area contributed by atoms with Crippen LogP contribution in [0, 0.1) is 0 Å². The molecule has 6 heteroatoms. The van der Waals surface area contributed by atoms with Gasteiger partial charge in [-0.3, -0.25) is 9.59 Å². The van der Waals surface area contributed by atoms with Crippen LogP contribution in [0.4, 0.5) is 0 Å². The van der Waals surface area contributed by atoms with Gasteiger partial charge in [0.1, 0.15) is 12.4 Å². The van der Waals surface area contributed by atoms with Crippen molar-refractivity contribution in [3.63, 3.8) is 0 Å². The minimum absolute atomic E-state index is 0.00712. The highest BCUT2D eigenvalue weighted by atomic mass is 35.5. The number of hydrogen-bond donors (Lipinski definition) is 1. The Balaban J connectivity index is 1.60. The molecular formula is C22H25ClN2O3. The molecule has 0 radical (unpaired) electrons. The van der Waals surface area contributed by atoms with E-state index in [1.54, 1.807) is 36.4 Å². The van der Waals surface area contributed by atoms with Gasteiger partial charge in [0.25, 0.3) is 11.8 Å². The predicted octanol–water partition coefficient (Wildman–Crippen LogP) is 4.16. The van der Waals surface area contributed by atoms with Gasteiger partial charge < -0.3 is 15.0 Å². The summed E-state index contributed by atoms with van der Waals surface area (Å²) < 4.78 is 5.89. The second-order valence-electron chi connectivity index (χ2n) is 7.24. The summed E-state index contributed by atoms with van der Waals surface area (Å²) in [5.41, 5.74) is 1.12. The minimum Gasteiger partial charge on any atom is -0.491 e. The zero-order valence-electron chi connectivity index (χ0n) is 16.2. The van der Waals surface area contributed by atoms with Gasteiger partial charge in [0.05, 0.1) is 16.6 Å². The van der Waals surface area contributed by atoms with Gasteiger partial charge in [-0.15, -0.1) is 0 Å². The standard InChI is InChI=1S/C22H25ClN2O3/c1-15(2)24-21(26)16-9-11-18(12-10-16)28-14-17-6-5-13-25(17)22(27)19-7-3-4-8-20(19)23/h3-4,7-12,15,17H,5-6,13-14H2,1-2H3,(H,24,26)/t17-/m0/s1. The number of hydrogen-bond acceptors (Lipinski definition) is 3. The number of nitrogens with one attached hydrogen (secondary N) is 1. The Morgan fingerprint density at radius 3 is 2.57 bits per heavy atom. The summed E-state index contributed by atoms with van der Waals surface area (Å²) in [6, 6.07) is 14.3. The first-order chi connectivity index (χ1) is 13.5. The normalized spacial score (nSPS) is 16.3. The quantitative estimate of drug-likeness (QED) is 0.791. The average molecular weight is 401 g/mol. The second-order valence-corrected chi connectivity index (χ2v) is 7.65. The highest BCUT2D eigenvalue weighted by Gasteiger charge is 2.30. The van der Waals surface area contributed by atoms with Crippen LogP contribution in [0.1, 0.15) is 47.4 Å². The molecule has 3 rings (SSSR count). The van der Waals surface area contributed by atoms with Crippen LogP contribution in [0.3, 0.4) is 0 Å². The Labute approximate surface area is 170 Å². The summed E-state index contributed by atoms with van der Waals surface area (Å²) in [5, 5.41) is 3.33. The van der Waals surface area contributed by atoms with Crippen LogP contribution in [0.2, 0.25) is 5.02 Å². The van der Waals surface area contributed by atoms with Crippen LogP contribution in [-0.4, -0.2) is 41.9 Å². The third-order valence-electron chi connectivity index (χ3n) is 4.72. The number of nitrogens with zero attached hydrogens (tertiary/aromatic N) is 1. The van der Waals surface area contributed by atoms with E-state index < -0.39 is 0 Å². The maximum absolute atomic E-state index is 12.8. The summed E-state index contributed by atoms with van der Waals surface area (Å²) in [6.45, 7) is 4.96. The first kappa shape index (κ1) is 20.2. The molecule has 1 atom stereocenters. The lowest BCUT2D eigenvalue weighted by atomic mass is 10.1. The topological polar surface area (TPSA) is 58.6 Å². The van der Waals surface area contributed by atoms with Gasteiger partial charge >= 0.3 is 0 Å². The second kappa shape index (κ2) is 9.11. The molecule has 1 heterocycles. The van der Waals surface area contributed by atoms with E-state index in [2.05, 4.69) is 5.32 Å². The molecule has 0 aromatic heterocycles. The Morgan fingerprint density at radius 2 is 1.89 bits per heavy atom. The minimum atomic E-state index is -0.103. The lowest BCUT2D eigenvalue weighted by molar-refractivity contribution is 0.0691. The summed E-state index contributed by atoms with van der Waals surface area (Å²) in [5.74, 6) is 0.518. The van der Waals surface area contributed by atoms with Crippen molar-refractivity contribution in [3.05, 3.63) is 64.7 Å². The van der Waals surface area contributed by atoms with Crippen molar-refractivity contribution in [3.8, 4) is 5.75 Å². The molecule has 1 N–H and O–H groups in total. The molecule has 2 amide bonds. The Bertz CT molecular complexity index is 836. The molecule has 0 saturated carbocycles. The molecule has 0 unspecified atom stereocenters. The third-order valence-corrected chi connectivity index (χ3v) is 5.05. The smallest absolute Gasteiger partial charge is 0.255 e. The number of rotatable bonds is 6. The Hall–Kier alpha value is -2.53. The lowest BCUT2D eigenvalue weighted by Gasteiger charge is -2.25. The molecule has 0 spiro atoms. The van der Waals surface area contributed by atoms with E-state index in [-0.39, 0.29) is 23.9 Å². The van der Waals surface area contributed by atoms with E-state index in [0.717, 1.165) is 12.8 Å². The highest BCUT2D eigenvalue weighted by Crippen LogP contribution is 2.24. The number of ether oxygens (including phenoxy) is 1. The lowest BCUT2D eigenvalue weighted by Crippen LogP contribution is -2.39. The molecule has 2 aromatic carbocycles. The van der Waals surface area contributed by atoms with Gasteiger partial charge in [-0.1, -0.05) is 23.7 Å². The number of halogens is 1. The summed E-state index contributed by atoms with van der Waals surface area (Å²) in [6.07, 6.45) is 1.84. The molecule has 0 aliphatic carbocycles. The van der Waals surface area contributed by atoms with Crippen molar-refractivity contribution in [1.82, 2.24) is 10.2 Å². The zero-order chi connectivity index (χ0) is 20.1. The van der Waals surface area contributed by atoms with Crippen LogP contribution in [0.5, 0.6) is 5.75 Å². The maximum atomic E-state index is 12.8. The van der Waals surface area contributed by atoms with Crippen molar-refractivity contribution in [2.45, 2.75) is 38.8 Å². The van der Waals surface area contributed by atoms with E-state index in [9.17, 15) is 9.59 Å². The maximum Gasteiger partial charge on any atom is 0.255 e. The van der Waals surface area contributed by atoms with Crippen LogP contribution < -0.4 is 10.1 Å². The van der Waals surface area contributed by atoms with Crippen molar-refractivity contribution in [2.24, 2.45) is 0 Å². The van der Waals surface area contributed by atoms with Crippen molar-refractivity contribution >= 4 is 23.4 Å². The third kappa shape index (κ3) is 4.84. The van der Waals surface area contributed by atoms with Crippen LogP contribution in [-0.2, 0) is 0 Å². The molecular weight excluding hydrogens is 376 g/mol. The van der Waals surface area contributed by atoms with Crippen LogP contribution >= 0.6 is 11.6 Å². The van der Waals surface area contributed by atoms with Crippen LogP contribution in [0.25, 0.3) is 0 Å². The summed E-state index contributed by atoms with van der Waals surface area (Å²) in [7, 11) is 0. The molecule has 0 bridgehead atoms. The molecule has 5 nitrogen and oxygen atoms in total. The molecule has 148 valence electrons. The number of carbonyl (C=O) groups excluding carboxylic acids is 2. The summed E-state index contributed by atoms with van der Waals surface area (Å²) >= 11 is 6.18. The monoisotopic (exact) mass is 400 g/mol. The first-order valence-corrected chi connectivity index (χ1v) is 9.92. The fourth-order valence-electron chi connectivity index (χ4n) is 3.31. The first-order valence-electron chi connectivity index (χ1n) is 9.55. The fraction of sp³-hybridized carbons (Fsp3) is 0.364. The molecule has 28 heavy (non-hydrogen) atoms. The fourth-order valence-corrected chi connectivity index (χ4v) is 3.52. The van der Waals surface area contributed by atoms with Gasteiger partial charge in [0, 0.05) is 18.2 Å². The van der Waals surface area contributed by atoms with Gasteiger partial charge in [-0.2, -0.15) is 0 Å². The molecule has 1 fully saturated rings. The number of amides is 2. The number of carbonyl (C=O) groups is 2. The number of benzene rings is 2. The highest BCUT2D eigenvalue weighted by molar-refractivity contribution is 6.33. The van der Waals surface area contributed by atoms with Crippen LogP contribution in [0.15, 0.2) is 48.5 Å². The SMILES string of the molecule is CC(C)NC(=O)c1ccc(OC[C@@H]2CCCN2C(=O)c2ccccc2Cl)cc1.